The number of hydrogen-bond donors (Lipinski definition) is 1. The van der Waals surface area contributed by atoms with Crippen molar-refractivity contribution in [2.24, 2.45) is 9.98 Å². The molecule has 0 saturated heterocycles. The van der Waals surface area contributed by atoms with Crippen LogP contribution in [0.5, 0.6) is 0 Å². The summed E-state index contributed by atoms with van der Waals surface area (Å²) in [7, 11) is 0. The van der Waals surface area contributed by atoms with Crippen molar-refractivity contribution in [3.8, 4) is 0 Å². The third kappa shape index (κ3) is 0.920. The summed E-state index contributed by atoms with van der Waals surface area (Å²) in [5, 5.41) is 5.54. The van der Waals surface area contributed by atoms with Crippen LogP contribution < -0.4 is 16.0 Å². The van der Waals surface area contributed by atoms with E-state index in [9.17, 15) is 0 Å². The third-order valence-electron chi connectivity index (χ3n) is 2.34. The monoisotopic (exact) mass is 189 g/mol. The largest absolute Gasteiger partial charge is 0.329 e. The van der Waals surface area contributed by atoms with Crippen molar-refractivity contribution in [2.45, 2.75) is 6.42 Å². The van der Waals surface area contributed by atoms with Crippen LogP contribution in [0, 0.1) is 0 Å². The minimum atomic E-state index is 0.547. The molecule has 0 aliphatic carbocycles. The van der Waals surface area contributed by atoms with Gasteiger partial charge in [0.2, 0.25) is 0 Å². The smallest absolute Gasteiger partial charge is 0.197 e. The van der Waals surface area contributed by atoms with E-state index in [4.69, 9.17) is 12.2 Å². The molecule has 1 aromatic rings. The molecule has 4 heteroatoms. The number of hydrogen-bond acceptors (Lipinski definition) is 2. The van der Waals surface area contributed by atoms with Crippen molar-refractivity contribution in [1.82, 2.24) is 0 Å². The zero-order chi connectivity index (χ0) is 8.84. The predicted octanol–water partition coefficient (Wildman–Crippen LogP) is 0.192. The highest BCUT2D eigenvalue weighted by molar-refractivity contribution is 7.80. The second kappa shape index (κ2) is 2.35. The number of nitrogens with one attached hydrogen (secondary N) is 1. The van der Waals surface area contributed by atoms with Gasteiger partial charge in [0.1, 0.15) is 5.36 Å². The number of thiocarbonyl (C=S) groups is 1. The maximum absolute atomic E-state index is 4.98. The van der Waals surface area contributed by atoms with Gasteiger partial charge in [0.15, 0.2) is 5.11 Å². The van der Waals surface area contributed by atoms with Crippen molar-refractivity contribution >= 4 is 23.0 Å². The Labute approximate surface area is 80.2 Å². The molecule has 0 saturated carbocycles. The first-order valence-corrected chi connectivity index (χ1v) is 4.61. The van der Waals surface area contributed by atoms with Crippen LogP contribution in [0.4, 0.5) is 5.69 Å². The topological polar surface area (TPSA) is 36.8 Å². The average molecular weight is 189 g/mol. The molecule has 0 aromatic heterocycles. The fourth-order valence-corrected chi connectivity index (χ4v) is 1.95. The van der Waals surface area contributed by atoms with Crippen LogP contribution in [0.15, 0.2) is 22.1 Å². The fraction of sp³-hybridized carbons (Fsp3) is 0.222. The Morgan fingerprint density at radius 1 is 1.31 bits per heavy atom. The third-order valence-corrected chi connectivity index (χ3v) is 2.53. The number of nitrogens with zero attached hydrogens (tertiary/aromatic N) is 2. The molecule has 1 N–H and O–H groups in total. The second-order valence-corrected chi connectivity index (χ2v) is 3.53. The van der Waals surface area contributed by atoms with E-state index in [-0.39, 0.29) is 0 Å². The summed E-state index contributed by atoms with van der Waals surface area (Å²) in [6.07, 6.45) is 1.03. The van der Waals surface area contributed by atoms with Gasteiger partial charge in [-0.1, -0.05) is 6.07 Å². The van der Waals surface area contributed by atoms with Gasteiger partial charge in [-0.05, 0) is 30.3 Å². The number of rotatable bonds is 0. The molecule has 13 heavy (non-hydrogen) atoms. The predicted molar refractivity (Wildman–Crippen MR) is 53.5 cm³/mol. The van der Waals surface area contributed by atoms with Crippen molar-refractivity contribution in [3.05, 3.63) is 28.4 Å². The lowest BCUT2D eigenvalue weighted by Gasteiger charge is -1.95. The lowest BCUT2D eigenvalue weighted by Crippen LogP contribution is -2.25. The molecule has 0 radical (unpaired) electrons. The summed E-state index contributed by atoms with van der Waals surface area (Å²) in [5.74, 6) is 0. The van der Waals surface area contributed by atoms with E-state index in [1.807, 2.05) is 6.07 Å². The molecule has 2 aliphatic rings. The summed E-state index contributed by atoms with van der Waals surface area (Å²) in [6.45, 7) is 0.883. The molecule has 2 aliphatic heterocycles. The number of anilines is 1. The summed E-state index contributed by atoms with van der Waals surface area (Å²) in [5.41, 5.74) is 2.28. The van der Waals surface area contributed by atoms with Crippen LogP contribution in [0.3, 0.4) is 0 Å². The van der Waals surface area contributed by atoms with Crippen LogP contribution >= 0.6 is 12.2 Å². The minimum absolute atomic E-state index is 0.547. The Morgan fingerprint density at radius 3 is 3.15 bits per heavy atom. The van der Waals surface area contributed by atoms with E-state index >= 15 is 0 Å². The first kappa shape index (κ1) is 7.15. The number of fused-ring (bicyclic) bond motifs is 3. The Morgan fingerprint density at radius 2 is 2.23 bits per heavy atom. The molecule has 3 rings (SSSR count). The minimum Gasteiger partial charge on any atom is -0.329 e. The molecule has 1 aromatic carbocycles. The lowest BCUT2D eigenvalue weighted by atomic mass is 10.1. The molecule has 0 unspecified atom stereocenters. The van der Waals surface area contributed by atoms with Gasteiger partial charge >= 0.3 is 0 Å². The summed E-state index contributed by atoms with van der Waals surface area (Å²) >= 11 is 4.98. The van der Waals surface area contributed by atoms with Crippen LogP contribution in [0.2, 0.25) is 0 Å². The van der Waals surface area contributed by atoms with Gasteiger partial charge in [-0.15, -0.1) is 0 Å². The average Bonchev–Trinajstić information content (AvgIpc) is 2.65. The second-order valence-electron chi connectivity index (χ2n) is 3.14. The molecule has 0 fully saturated rings. The molecule has 0 spiro atoms. The molecule has 0 bridgehead atoms. The van der Waals surface area contributed by atoms with Gasteiger partial charge in [-0.25, -0.2) is 4.99 Å². The van der Waals surface area contributed by atoms with Crippen LogP contribution in [-0.2, 0) is 6.42 Å². The van der Waals surface area contributed by atoms with E-state index in [2.05, 4.69) is 21.4 Å². The quantitative estimate of drug-likeness (QED) is 0.592. The highest BCUT2D eigenvalue weighted by atomic mass is 32.1. The first-order chi connectivity index (χ1) is 6.34. The van der Waals surface area contributed by atoms with Crippen molar-refractivity contribution < 1.29 is 0 Å². The van der Waals surface area contributed by atoms with Gasteiger partial charge in [0.05, 0.1) is 11.0 Å². The summed E-state index contributed by atoms with van der Waals surface area (Å²) in [6, 6.07) is 4.12. The van der Waals surface area contributed by atoms with Crippen LogP contribution in [-0.4, -0.2) is 11.7 Å². The van der Waals surface area contributed by atoms with Gasteiger partial charge in [-0.2, -0.15) is 0 Å². The first-order valence-electron chi connectivity index (χ1n) is 4.21. The Kier molecular flexibility index (Phi) is 1.29. The van der Waals surface area contributed by atoms with E-state index in [0.29, 0.717) is 5.11 Å². The Hall–Kier alpha value is -1.29. The van der Waals surface area contributed by atoms with Gasteiger partial charge in [0, 0.05) is 6.54 Å². The van der Waals surface area contributed by atoms with Gasteiger partial charge in [0.25, 0.3) is 0 Å². The maximum atomic E-state index is 4.98. The fourth-order valence-electron chi connectivity index (χ4n) is 1.75. The molecule has 0 atom stereocenters. The van der Waals surface area contributed by atoms with E-state index in [1.165, 1.54) is 5.56 Å². The zero-order valence-corrected chi connectivity index (χ0v) is 7.69. The summed E-state index contributed by atoms with van der Waals surface area (Å²) < 4.78 is 0. The van der Waals surface area contributed by atoms with Gasteiger partial charge < -0.3 is 5.32 Å². The van der Waals surface area contributed by atoms with Crippen LogP contribution in [0.1, 0.15) is 5.56 Å². The lowest BCUT2D eigenvalue weighted by molar-refractivity contribution is 1.02. The van der Waals surface area contributed by atoms with Crippen LogP contribution in [0.25, 0.3) is 0 Å². The maximum Gasteiger partial charge on any atom is 0.197 e. The number of benzene rings is 1. The summed E-state index contributed by atoms with van der Waals surface area (Å²) in [4.78, 5) is 8.66. The van der Waals surface area contributed by atoms with E-state index < -0.39 is 0 Å². The highest BCUT2D eigenvalue weighted by Crippen LogP contribution is 2.07. The normalized spacial score (nSPS) is 17.1. The SMILES string of the molecule is S=C1N=c2c(ccc3c2=NCC3)N1. The van der Waals surface area contributed by atoms with Crippen molar-refractivity contribution in [1.29, 1.82) is 0 Å². The van der Waals surface area contributed by atoms with E-state index in [0.717, 1.165) is 29.4 Å². The molecular formula is C9H7N3S. The zero-order valence-electron chi connectivity index (χ0n) is 6.87. The molecule has 2 heterocycles. The van der Waals surface area contributed by atoms with E-state index in [1.54, 1.807) is 0 Å². The molecule has 64 valence electrons. The highest BCUT2D eigenvalue weighted by Gasteiger charge is 2.14. The van der Waals surface area contributed by atoms with Gasteiger partial charge in [-0.3, -0.25) is 4.99 Å². The molecular weight excluding hydrogens is 182 g/mol. The Bertz CT molecular complexity index is 518. The Balaban J connectivity index is 2.48. The van der Waals surface area contributed by atoms with Crippen molar-refractivity contribution in [3.63, 3.8) is 0 Å². The molecule has 3 nitrogen and oxygen atoms in total. The molecule has 0 amide bonds. The standard InChI is InChI=1S/C9H7N3S/c13-9-11-6-2-1-5-3-4-10-7(5)8(6)12-9/h1-2H,3-4H2,(H,11,13). The van der Waals surface area contributed by atoms with Crippen molar-refractivity contribution in [2.75, 3.05) is 11.9 Å².